The van der Waals surface area contributed by atoms with Crippen LogP contribution >= 0.6 is 0 Å². The highest BCUT2D eigenvalue weighted by Gasteiger charge is 2.11. The second kappa shape index (κ2) is 4.79. The van der Waals surface area contributed by atoms with Gasteiger partial charge in [0.2, 0.25) is 0 Å². The molecule has 0 bridgehead atoms. The van der Waals surface area contributed by atoms with Gasteiger partial charge in [-0.2, -0.15) is 0 Å². The molecule has 0 radical (unpaired) electrons. The van der Waals surface area contributed by atoms with Gasteiger partial charge in [0, 0.05) is 12.2 Å². The lowest BCUT2D eigenvalue weighted by atomic mass is 10.2. The van der Waals surface area contributed by atoms with Gasteiger partial charge in [0.15, 0.2) is 5.69 Å². The van der Waals surface area contributed by atoms with Crippen molar-refractivity contribution >= 4 is 5.97 Å². The molecule has 4 heteroatoms. The fourth-order valence-corrected chi connectivity index (χ4v) is 1.10. The maximum absolute atomic E-state index is 11.3. The van der Waals surface area contributed by atoms with Crippen LogP contribution in [0.15, 0.2) is 12.5 Å². The lowest BCUT2D eigenvalue weighted by Crippen LogP contribution is -2.05. The van der Waals surface area contributed by atoms with Crippen molar-refractivity contribution < 1.29 is 9.53 Å². The van der Waals surface area contributed by atoms with E-state index in [0.29, 0.717) is 18.3 Å². The van der Waals surface area contributed by atoms with Gasteiger partial charge in [0.05, 0.1) is 12.9 Å². The van der Waals surface area contributed by atoms with Crippen molar-refractivity contribution in [1.82, 2.24) is 9.55 Å². The molecule has 0 unspecified atom stereocenters. The highest BCUT2D eigenvalue weighted by atomic mass is 16.5. The minimum atomic E-state index is -0.352. The van der Waals surface area contributed by atoms with Crippen LogP contribution in [-0.2, 0) is 4.74 Å². The maximum atomic E-state index is 11.3. The van der Waals surface area contributed by atoms with E-state index in [9.17, 15) is 4.79 Å². The Morgan fingerprint density at radius 1 is 1.64 bits per heavy atom. The lowest BCUT2D eigenvalue weighted by Gasteiger charge is -2.08. The Morgan fingerprint density at radius 3 is 2.93 bits per heavy atom. The van der Waals surface area contributed by atoms with Crippen molar-refractivity contribution in [1.29, 1.82) is 0 Å². The first-order chi connectivity index (χ1) is 6.69. The molecule has 1 atom stereocenters. The highest BCUT2D eigenvalue weighted by molar-refractivity contribution is 5.86. The van der Waals surface area contributed by atoms with Crippen molar-refractivity contribution in [2.24, 2.45) is 0 Å². The van der Waals surface area contributed by atoms with Gasteiger partial charge in [-0.3, -0.25) is 0 Å². The normalized spacial score (nSPS) is 12.5. The van der Waals surface area contributed by atoms with E-state index >= 15 is 0 Å². The summed E-state index contributed by atoms with van der Waals surface area (Å²) in [6.45, 7) is 6.34. The quantitative estimate of drug-likeness (QED) is 0.692. The van der Waals surface area contributed by atoms with Gasteiger partial charge in [-0.05, 0) is 20.3 Å². The number of aromatic nitrogens is 2. The second-order valence-corrected chi connectivity index (χ2v) is 3.18. The van der Waals surface area contributed by atoms with Crippen LogP contribution in [0.25, 0.3) is 0 Å². The summed E-state index contributed by atoms with van der Waals surface area (Å²) in [7, 11) is 0. The van der Waals surface area contributed by atoms with Crippen LogP contribution in [0, 0.1) is 0 Å². The van der Waals surface area contributed by atoms with Gasteiger partial charge < -0.3 is 9.30 Å². The van der Waals surface area contributed by atoms with Crippen molar-refractivity contribution in [3.63, 3.8) is 0 Å². The second-order valence-electron chi connectivity index (χ2n) is 3.18. The summed E-state index contributed by atoms with van der Waals surface area (Å²) in [4.78, 5) is 15.3. The van der Waals surface area contributed by atoms with Gasteiger partial charge >= 0.3 is 5.97 Å². The third-order valence-electron chi connectivity index (χ3n) is 2.19. The van der Waals surface area contributed by atoms with Crippen molar-refractivity contribution in [2.45, 2.75) is 33.2 Å². The smallest absolute Gasteiger partial charge is 0.358 e. The SMILES string of the molecule is CCOC(=O)c1cn([C@@H](C)CC)cn1. The first-order valence-corrected chi connectivity index (χ1v) is 4.89. The number of esters is 1. The van der Waals surface area contributed by atoms with E-state index in [0.717, 1.165) is 6.42 Å². The summed E-state index contributed by atoms with van der Waals surface area (Å²) in [6.07, 6.45) is 4.41. The minimum absolute atomic E-state index is 0.352. The van der Waals surface area contributed by atoms with Crippen molar-refractivity contribution in [3.05, 3.63) is 18.2 Å². The molecule has 0 saturated heterocycles. The number of hydrogen-bond donors (Lipinski definition) is 0. The van der Waals surface area contributed by atoms with Crippen molar-refractivity contribution in [2.75, 3.05) is 6.61 Å². The molecule has 1 rings (SSSR count). The molecular formula is C10H16N2O2. The summed E-state index contributed by atoms with van der Waals surface area (Å²) in [6, 6.07) is 0.366. The predicted octanol–water partition coefficient (Wildman–Crippen LogP) is 2.03. The fourth-order valence-electron chi connectivity index (χ4n) is 1.10. The summed E-state index contributed by atoms with van der Waals surface area (Å²) >= 11 is 0. The number of rotatable bonds is 4. The molecule has 0 spiro atoms. The van der Waals surface area contributed by atoms with E-state index < -0.39 is 0 Å². The van der Waals surface area contributed by atoms with Crippen LogP contribution in [0.3, 0.4) is 0 Å². The molecule has 1 aromatic heterocycles. The first kappa shape index (κ1) is 10.8. The molecule has 4 nitrogen and oxygen atoms in total. The third-order valence-corrected chi connectivity index (χ3v) is 2.19. The van der Waals surface area contributed by atoms with Crippen LogP contribution in [0.4, 0.5) is 0 Å². The third kappa shape index (κ3) is 2.34. The number of imidazole rings is 1. The standard InChI is InChI=1S/C10H16N2O2/c1-4-8(3)12-6-9(11-7-12)10(13)14-5-2/h6-8H,4-5H2,1-3H3/t8-/m0/s1. The molecule has 0 aliphatic carbocycles. The molecule has 0 N–H and O–H groups in total. The van der Waals surface area contributed by atoms with Crippen molar-refractivity contribution in [3.8, 4) is 0 Å². The number of carbonyl (C=O) groups is 1. The number of carbonyl (C=O) groups excluding carboxylic acids is 1. The van der Waals surface area contributed by atoms with E-state index in [1.165, 1.54) is 0 Å². The molecule has 0 amide bonds. The van der Waals surface area contributed by atoms with Gasteiger partial charge in [0.25, 0.3) is 0 Å². The molecular weight excluding hydrogens is 180 g/mol. The average Bonchev–Trinajstić information content (AvgIpc) is 2.66. The molecule has 0 fully saturated rings. The minimum Gasteiger partial charge on any atom is -0.461 e. The number of hydrogen-bond acceptors (Lipinski definition) is 3. The number of nitrogens with zero attached hydrogens (tertiary/aromatic N) is 2. The number of ether oxygens (including phenoxy) is 1. The van der Waals surface area contributed by atoms with Gasteiger partial charge in [0.1, 0.15) is 0 Å². The monoisotopic (exact) mass is 196 g/mol. The molecule has 78 valence electrons. The average molecular weight is 196 g/mol. The predicted molar refractivity (Wildman–Crippen MR) is 53.2 cm³/mol. The molecule has 14 heavy (non-hydrogen) atoms. The molecule has 0 aromatic carbocycles. The Morgan fingerprint density at radius 2 is 2.36 bits per heavy atom. The Hall–Kier alpha value is -1.32. The molecule has 1 heterocycles. The summed E-state index contributed by atoms with van der Waals surface area (Å²) in [5.74, 6) is -0.352. The van der Waals surface area contributed by atoms with E-state index in [4.69, 9.17) is 4.74 Å². The largest absolute Gasteiger partial charge is 0.461 e. The zero-order valence-electron chi connectivity index (χ0n) is 8.86. The lowest BCUT2D eigenvalue weighted by molar-refractivity contribution is 0.0520. The zero-order valence-corrected chi connectivity index (χ0v) is 8.86. The van der Waals surface area contributed by atoms with E-state index in [2.05, 4.69) is 18.8 Å². The Bertz CT molecular complexity index is 307. The van der Waals surface area contributed by atoms with Crippen LogP contribution in [0.2, 0.25) is 0 Å². The van der Waals surface area contributed by atoms with E-state index in [1.54, 1.807) is 19.4 Å². The molecule has 0 aliphatic rings. The molecule has 0 aliphatic heterocycles. The van der Waals surface area contributed by atoms with Crippen LogP contribution in [-0.4, -0.2) is 22.1 Å². The Kier molecular flexibility index (Phi) is 3.68. The summed E-state index contributed by atoms with van der Waals surface area (Å²) < 4.78 is 6.76. The molecule has 0 saturated carbocycles. The maximum Gasteiger partial charge on any atom is 0.358 e. The zero-order chi connectivity index (χ0) is 10.6. The van der Waals surface area contributed by atoms with Crippen LogP contribution in [0.5, 0.6) is 0 Å². The van der Waals surface area contributed by atoms with Crippen LogP contribution < -0.4 is 0 Å². The molecule has 1 aromatic rings. The van der Waals surface area contributed by atoms with Gasteiger partial charge in [-0.25, -0.2) is 9.78 Å². The summed E-state index contributed by atoms with van der Waals surface area (Å²) in [5.41, 5.74) is 0.382. The van der Waals surface area contributed by atoms with Gasteiger partial charge in [-0.15, -0.1) is 0 Å². The topological polar surface area (TPSA) is 44.1 Å². The first-order valence-electron chi connectivity index (χ1n) is 4.89. The van der Waals surface area contributed by atoms with Crippen LogP contribution in [0.1, 0.15) is 43.7 Å². The Labute approximate surface area is 83.9 Å². The Balaban J connectivity index is 2.72. The highest BCUT2D eigenvalue weighted by Crippen LogP contribution is 2.10. The fraction of sp³-hybridized carbons (Fsp3) is 0.600. The van der Waals surface area contributed by atoms with E-state index in [-0.39, 0.29) is 5.97 Å². The van der Waals surface area contributed by atoms with Gasteiger partial charge in [-0.1, -0.05) is 6.92 Å². The van der Waals surface area contributed by atoms with E-state index in [1.807, 2.05) is 4.57 Å². The summed E-state index contributed by atoms with van der Waals surface area (Å²) in [5, 5.41) is 0.